The van der Waals surface area contributed by atoms with E-state index in [-0.39, 0.29) is 24.6 Å². The molecule has 2 aromatic carbocycles. The molecule has 7 heteroatoms. The molecule has 0 radical (unpaired) electrons. The maximum atomic E-state index is 12.7. The van der Waals surface area contributed by atoms with Crippen LogP contribution in [-0.4, -0.2) is 11.9 Å². The van der Waals surface area contributed by atoms with Crippen molar-refractivity contribution in [3.05, 3.63) is 71.3 Å². The van der Waals surface area contributed by atoms with E-state index in [9.17, 15) is 18.4 Å². The quantitative estimate of drug-likeness (QED) is 0.755. The third kappa shape index (κ3) is 5.74. The van der Waals surface area contributed by atoms with Crippen molar-refractivity contribution >= 4 is 11.9 Å². The normalized spacial score (nSPS) is 10.0. The molecule has 5 nitrogen and oxygen atoms in total. The Morgan fingerprint density at radius 2 is 1.30 bits per heavy atom. The highest BCUT2D eigenvalue weighted by molar-refractivity contribution is 5.82. The highest BCUT2D eigenvalue weighted by Crippen LogP contribution is 2.03. The fourth-order valence-corrected chi connectivity index (χ4v) is 1.79. The lowest BCUT2D eigenvalue weighted by atomic mass is 10.1. The molecule has 0 bridgehead atoms. The highest BCUT2D eigenvalue weighted by Gasteiger charge is 2.06. The van der Waals surface area contributed by atoms with Gasteiger partial charge in [0.25, 0.3) is 0 Å². The van der Waals surface area contributed by atoms with Gasteiger partial charge in [-0.1, -0.05) is 24.3 Å². The molecule has 0 saturated heterocycles. The zero-order valence-electron chi connectivity index (χ0n) is 12.1. The molecular weight excluding hydrogens is 304 g/mol. The van der Waals surface area contributed by atoms with Crippen LogP contribution in [0.15, 0.2) is 48.5 Å². The molecule has 2 aromatic rings. The van der Waals surface area contributed by atoms with Gasteiger partial charge in [-0.15, -0.1) is 0 Å². The SMILES string of the molecule is O=C(Cc1ccc(F)cc1)NNC(=O)NCc1ccc(F)cc1. The van der Waals surface area contributed by atoms with Gasteiger partial charge in [-0.2, -0.15) is 0 Å². The lowest BCUT2D eigenvalue weighted by Gasteiger charge is -2.09. The zero-order chi connectivity index (χ0) is 16.7. The van der Waals surface area contributed by atoms with Crippen molar-refractivity contribution in [1.29, 1.82) is 0 Å². The van der Waals surface area contributed by atoms with E-state index in [2.05, 4.69) is 16.2 Å². The minimum absolute atomic E-state index is 0.0124. The second kappa shape index (κ2) is 7.88. The first-order chi connectivity index (χ1) is 11.0. The smallest absolute Gasteiger partial charge is 0.333 e. The van der Waals surface area contributed by atoms with E-state index in [0.29, 0.717) is 5.56 Å². The largest absolute Gasteiger partial charge is 0.333 e. The monoisotopic (exact) mass is 319 g/mol. The Morgan fingerprint density at radius 1 is 0.783 bits per heavy atom. The Bertz CT molecular complexity index is 673. The van der Waals surface area contributed by atoms with Crippen LogP contribution in [0.2, 0.25) is 0 Å². The van der Waals surface area contributed by atoms with Gasteiger partial charge in [0.15, 0.2) is 0 Å². The Hall–Kier alpha value is -2.96. The lowest BCUT2D eigenvalue weighted by Crippen LogP contribution is -2.47. The van der Waals surface area contributed by atoms with Crippen LogP contribution in [0, 0.1) is 11.6 Å². The maximum Gasteiger partial charge on any atom is 0.333 e. The second-order valence-corrected chi connectivity index (χ2v) is 4.79. The second-order valence-electron chi connectivity index (χ2n) is 4.79. The van der Waals surface area contributed by atoms with Gasteiger partial charge < -0.3 is 5.32 Å². The van der Waals surface area contributed by atoms with Crippen LogP contribution < -0.4 is 16.2 Å². The molecule has 120 valence electrons. The van der Waals surface area contributed by atoms with Crippen LogP contribution in [0.4, 0.5) is 13.6 Å². The standard InChI is InChI=1S/C16H15F2N3O2/c17-13-5-1-11(2-6-13)9-15(22)20-21-16(23)19-10-12-3-7-14(18)8-4-12/h1-8H,9-10H2,(H,20,22)(H2,19,21,23). The number of carbonyl (C=O) groups is 2. The molecule has 0 heterocycles. The summed E-state index contributed by atoms with van der Waals surface area (Å²) in [5.74, 6) is -1.17. The topological polar surface area (TPSA) is 70.2 Å². The van der Waals surface area contributed by atoms with Crippen molar-refractivity contribution in [3.8, 4) is 0 Å². The summed E-state index contributed by atoms with van der Waals surface area (Å²) in [6, 6.07) is 10.6. The first-order valence-electron chi connectivity index (χ1n) is 6.84. The first kappa shape index (κ1) is 16.4. The maximum absolute atomic E-state index is 12.7. The number of rotatable bonds is 4. The van der Waals surface area contributed by atoms with Crippen molar-refractivity contribution in [2.75, 3.05) is 0 Å². The van der Waals surface area contributed by atoms with Crippen LogP contribution >= 0.6 is 0 Å². The third-order valence-electron chi connectivity index (χ3n) is 2.96. The van der Waals surface area contributed by atoms with Crippen molar-refractivity contribution < 1.29 is 18.4 Å². The van der Waals surface area contributed by atoms with E-state index in [1.165, 1.54) is 36.4 Å². The summed E-state index contributed by atoms with van der Waals surface area (Å²) < 4.78 is 25.5. The van der Waals surface area contributed by atoms with Gasteiger partial charge in [0, 0.05) is 6.54 Å². The zero-order valence-corrected chi connectivity index (χ0v) is 12.1. The van der Waals surface area contributed by atoms with Gasteiger partial charge in [-0.3, -0.25) is 10.2 Å². The highest BCUT2D eigenvalue weighted by atomic mass is 19.1. The molecule has 0 aliphatic heterocycles. The Kier molecular flexibility index (Phi) is 5.62. The summed E-state index contributed by atoms with van der Waals surface area (Å²) in [4.78, 5) is 23.1. The van der Waals surface area contributed by atoms with Gasteiger partial charge in [-0.25, -0.2) is 19.0 Å². The number of carbonyl (C=O) groups excluding carboxylic acids is 2. The average Bonchev–Trinajstić information content (AvgIpc) is 2.54. The number of benzene rings is 2. The number of halogens is 2. The van der Waals surface area contributed by atoms with E-state index in [0.717, 1.165) is 5.56 Å². The van der Waals surface area contributed by atoms with Gasteiger partial charge in [0.05, 0.1) is 6.42 Å². The van der Waals surface area contributed by atoms with Gasteiger partial charge >= 0.3 is 6.03 Å². The van der Waals surface area contributed by atoms with Gasteiger partial charge in [-0.05, 0) is 35.4 Å². The Labute approximate surface area is 131 Å². The summed E-state index contributed by atoms with van der Waals surface area (Å²) in [6.07, 6.45) is 0.0124. The van der Waals surface area contributed by atoms with E-state index in [1.807, 2.05) is 0 Å². The number of nitrogens with one attached hydrogen (secondary N) is 3. The molecule has 0 unspecified atom stereocenters. The van der Waals surface area contributed by atoms with Crippen LogP contribution in [0.1, 0.15) is 11.1 Å². The van der Waals surface area contributed by atoms with Gasteiger partial charge in [0.2, 0.25) is 5.91 Å². The van der Waals surface area contributed by atoms with Gasteiger partial charge in [0.1, 0.15) is 11.6 Å². The predicted molar refractivity (Wildman–Crippen MR) is 80.0 cm³/mol. The fraction of sp³-hybridized carbons (Fsp3) is 0.125. The number of urea groups is 1. The molecular formula is C16H15F2N3O2. The molecule has 2 rings (SSSR count). The van der Waals surface area contributed by atoms with Crippen molar-refractivity contribution in [2.45, 2.75) is 13.0 Å². The van der Waals surface area contributed by atoms with Crippen LogP contribution in [0.5, 0.6) is 0 Å². The predicted octanol–water partition coefficient (Wildman–Crippen LogP) is 2.04. The van der Waals surface area contributed by atoms with E-state index >= 15 is 0 Å². The number of hydrogen-bond acceptors (Lipinski definition) is 2. The minimum atomic E-state index is -0.596. The summed E-state index contributed by atoms with van der Waals surface area (Å²) >= 11 is 0. The van der Waals surface area contributed by atoms with Crippen molar-refractivity contribution in [1.82, 2.24) is 16.2 Å². The fourth-order valence-electron chi connectivity index (χ4n) is 1.79. The number of hydrogen-bond donors (Lipinski definition) is 3. The molecule has 0 fully saturated rings. The van der Waals surface area contributed by atoms with E-state index in [4.69, 9.17) is 0 Å². The van der Waals surface area contributed by atoms with Crippen LogP contribution in [-0.2, 0) is 17.8 Å². The molecule has 23 heavy (non-hydrogen) atoms. The van der Waals surface area contributed by atoms with Crippen LogP contribution in [0.3, 0.4) is 0 Å². The molecule has 0 saturated carbocycles. The van der Waals surface area contributed by atoms with Crippen LogP contribution in [0.25, 0.3) is 0 Å². The number of hydrazine groups is 1. The molecule has 0 atom stereocenters. The summed E-state index contributed by atoms with van der Waals surface area (Å²) in [7, 11) is 0. The number of amides is 3. The summed E-state index contributed by atoms with van der Waals surface area (Å²) in [5.41, 5.74) is 5.78. The van der Waals surface area contributed by atoms with E-state index in [1.54, 1.807) is 12.1 Å². The summed E-state index contributed by atoms with van der Waals surface area (Å²) in [6.45, 7) is 0.194. The van der Waals surface area contributed by atoms with Crippen molar-refractivity contribution in [2.24, 2.45) is 0 Å². The molecule has 3 N–H and O–H groups in total. The molecule has 0 aliphatic rings. The first-order valence-corrected chi connectivity index (χ1v) is 6.84. The minimum Gasteiger partial charge on any atom is -0.333 e. The Morgan fingerprint density at radius 3 is 1.87 bits per heavy atom. The third-order valence-corrected chi connectivity index (χ3v) is 2.96. The molecule has 0 aromatic heterocycles. The average molecular weight is 319 g/mol. The molecule has 0 aliphatic carbocycles. The molecule has 3 amide bonds. The van der Waals surface area contributed by atoms with E-state index < -0.39 is 11.9 Å². The Balaban J connectivity index is 1.70. The lowest BCUT2D eigenvalue weighted by molar-refractivity contribution is -0.121. The summed E-state index contributed by atoms with van der Waals surface area (Å²) in [5, 5.41) is 2.51. The molecule has 0 spiro atoms. The van der Waals surface area contributed by atoms with Crippen molar-refractivity contribution in [3.63, 3.8) is 0 Å².